The van der Waals surface area contributed by atoms with E-state index >= 15 is 0 Å². The van der Waals surface area contributed by atoms with E-state index in [2.05, 4.69) is 10.2 Å². The lowest BCUT2D eigenvalue weighted by Gasteiger charge is -2.30. The summed E-state index contributed by atoms with van der Waals surface area (Å²) in [6, 6.07) is 3.92. The Kier molecular flexibility index (Phi) is 6.69. The molecule has 2 atom stereocenters. The smallest absolute Gasteiger partial charge is 0.317 e. The van der Waals surface area contributed by atoms with Gasteiger partial charge in [-0.2, -0.15) is 0 Å². The van der Waals surface area contributed by atoms with E-state index in [4.69, 9.17) is 4.42 Å². The van der Waals surface area contributed by atoms with E-state index in [-0.39, 0.29) is 18.1 Å². The van der Waals surface area contributed by atoms with E-state index in [1.54, 1.807) is 11.8 Å². The third kappa shape index (κ3) is 4.98. The average Bonchev–Trinajstić information content (AvgIpc) is 3.16. The second-order valence-electron chi connectivity index (χ2n) is 6.99. The highest BCUT2D eigenvalue weighted by molar-refractivity contribution is 5.74. The highest BCUT2D eigenvalue weighted by Gasteiger charge is 2.27. The van der Waals surface area contributed by atoms with Crippen LogP contribution in [0.4, 0.5) is 4.79 Å². The topological polar surface area (TPSA) is 69.0 Å². The van der Waals surface area contributed by atoms with Gasteiger partial charge in [0.2, 0.25) is 0 Å². The number of carbonyl (C=O) groups is 1. The molecule has 2 unspecified atom stereocenters. The van der Waals surface area contributed by atoms with E-state index < -0.39 is 6.10 Å². The SMILES string of the molecule is Cc1ccc(C(CNC(=O)N(CC(C)O)C(C)C)N2CCCC2)o1. The van der Waals surface area contributed by atoms with Crippen molar-refractivity contribution >= 4 is 6.03 Å². The standard InChI is InChI=1S/C18H31N3O3/c1-13(2)21(12-14(3)22)18(23)19-11-16(20-9-5-6-10-20)17-8-7-15(4)24-17/h7-8,13-14,16,22H,5-6,9-12H2,1-4H3,(H,19,23). The molecular weight excluding hydrogens is 306 g/mol. The summed E-state index contributed by atoms with van der Waals surface area (Å²) >= 11 is 0. The number of carbonyl (C=O) groups excluding carboxylic acids is 1. The molecule has 2 amide bonds. The van der Waals surface area contributed by atoms with Crippen LogP contribution in [-0.2, 0) is 0 Å². The number of aliphatic hydroxyl groups excluding tert-OH is 1. The minimum atomic E-state index is -0.541. The number of likely N-dealkylation sites (tertiary alicyclic amines) is 1. The third-order valence-electron chi connectivity index (χ3n) is 4.46. The molecule has 1 fully saturated rings. The molecule has 0 bridgehead atoms. The summed E-state index contributed by atoms with van der Waals surface area (Å²) in [5, 5.41) is 12.6. The van der Waals surface area contributed by atoms with Crippen molar-refractivity contribution in [3.63, 3.8) is 0 Å². The minimum Gasteiger partial charge on any atom is -0.465 e. The molecule has 0 saturated carbocycles. The van der Waals surface area contributed by atoms with Gasteiger partial charge >= 0.3 is 6.03 Å². The van der Waals surface area contributed by atoms with Gasteiger partial charge in [0.25, 0.3) is 0 Å². The number of aliphatic hydroxyl groups is 1. The maximum absolute atomic E-state index is 12.5. The largest absolute Gasteiger partial charge is 0.465 e. The van der Waals surface area contributed by atoms with Gasteiger partial charge in [0.1, 0.15) is 11.5 Å². The highest BCUT2D eigenvalue weighted by atomic mass is 16.3. The molecular formula is C18H31N3O3. The van der Waals surface area contributed by atoms with Crippen LogP contribution in [0.5, 0.6) is 0 Å². The Morgan fingerprint density at radius 1 is 1.33 bits per heavy atom. The Bertz CT molecular complexity index is 521. The Morgan fingerprint density at radius 2 is 2.00 bits per heavy atom. The lowest BCUT2D eigenvalue weighted by Crippen LogP contribution is -2.48. The van der Waals surface area contributed by atoms with E-state index in [1.807, 2.05) is 32.9 Å². The second-order valence-corrected chi connectivity index (χ2v) is 6.99. The summed E-state index contributed by atoms with van der Waals surface area (Å²) in [5.74, 6) is 1.79. The van der Waals surface area contributed by atoms with E-state index in [9.17, 15) is 9.90 Å². The van der Waals surface area contributed by atoms with Crippen LogP contribution in [-0.4, -0.2) is 59.3 Å². The number of amides is 2. The molecule has 1 saturated heterocycles. The molecule has 1 aromatic rings. The van der Waals surface area contributed by atoms with Gasteiger partial charge in [0.05, 0.1) is 12.1 Å². The molecule has 24 heavy (non-hydrogen) atoms. The average molecular weight is 337 g/mol. The van der Waals surface area contributed by atoms with Crippen molar-refractivity contribution in [1.82, 2.24) is 15.1 Å². The maximum Gasteiger partial charge on any atom is 0.317 e. The number of aryl methyl sites for hydroxylation is 1. The summed E-state index contributed by atoms with van der Waals surface area (Å²) in [5.41, 5.74) is 0. The Hall–Kier alpha value is -1.53. The molecule has 6 nitrogen and oxygen atoms in total. The Balaban J connectivity index is 2.02. The van der Waals surface area contributed by atoms with E-state index in [0.717, 1.165) is 24.6 Å². The molecule has 1 aliphatic rings. The zero-order valence-corrected chi connectivity index (χ0v) is 15.3. The summed E-state index contributed by atoms with van der Waals surface area (Å²) in [6.45, 7) is 10.4. The zero-order chi connectivity index (χ0) is 17.7. The molecule has 0 aromatic carbocycles. The molecule has 0 radical (unpaired) electrons. The van der Waals surface area contributed by atoms with Gasteiger partial charge in [0, 0.05) is 19.1 Å². The molecule has 2 N–H and O–H groups in total. The van der Waals surface area contributed by atoms with Crippen molar-refractivity contribution in [3.05, 3.63) is 23.7 Å². The predicted octanol–water partition coefficient (Wildman–Crippen LogP) is 2.53. The first kappa shape index (κ1) is 18.8. The van der Waals surface area contributed by atoms with Crippen molar-refractivity contribution in [2.75, 3.05) is 26.2 Å². The molecule has 0 spiro atoms. The number of hydrogen-bond acceptors (Lipinski definition) is 4. The van der Waals surface area contributed by atoms with Crippen LogP contribution in [0.25, 0.3) is 0 Å². The fourth-order valence-corrected chi connectivity index (χ4v) is 3.19. The summed E-state index contributed by atoms with van der Waals surface area (Å²) in [6.07, 6.45) is 1.83. The van der Waals surface area contributed by atoms with Crippen LogP contribution >= 0.6 is 0 Å². The molecule has 1 aliphatic heterocycles. The summed E-state index contributed by atoms with van der Waals surface area (Å²) < 4.78 is 5.82. The number of hydrogen-bond donors (Lipinski definition) is 2. The highest BCUT2D eigenvalue weighted by Crippen LogP contribution is 2.26. The lowest BCUT2D eigenvalue weighted by molar-refractivity contribution is 0.116. The minimum absolute atomic E-state index is 0.0377. The van der Waals surface area contributed by atoms with Crippen molar-refractivity contribution in [2.45, 2.75) is 58.7 Å². The predicted molar refractivity (Wildman–Crippen MR) is 93.9 cm³/mol. The molecule has 6 heteroatoms. The van der Waals surface area contributed by atoms with Crippen LogP contribution < -0.4 is 5.32 Å². The molecule has 1 aromatic heterocycles. The van der Waals surface area contributed by atoms with Crippen molar-refractivity contribution < 1.29 is 14.3 Å². The number of urea groups is 1. The van der Waals surface area contributed by atoms with Gasteiger partial charge in [-0.05, 0) is 65.8 Å². The Labute approximate surface area is 144 Å². The number of furan rings is 1. The van der Waals surface area contributed by atoms with E-state index in [1.165, 1.54) is 12.8 Å². The number of nitrogens with one attached hydrogen (secondary N) is 1. The van der Waals surface area contributed by atoms with Crippen molar-refractivity contribution in [2.24, 2.45) is 0 Å². The van der Waals surface area contributed by atoms with Gasteiger partial charge in [-0.3, -0.25) is 4.90 Å². The quantitative estimate of drug-likeness (QED) is 0.802. The molecule has 0 aliphatic carbocycles. The normalized spacial score (nSPS) is 17.9. The summed E-state index contributed by atoms with van der Waals surface area (Å²) in [4.78, 5) is 16.6. The van der Waals surface area contributed by atoms with Crippen LogP contribution in [0.15, 0.2) is 16.5 Å². The van der Waals surface area contributed by atoms with Crippen LogP contribution in [0, 0.1) is 6.92 Å². The molecule has 2 heterocycles. The molecule has 136 valence electrons. The lowest BCUT2D eigenvalue weighted by atomic mass is 10.2. The fourth-order valence-electron chi connectivity index (χ4n) is 3.19. The van der Waals surface area contributed by atoms with Gasteiger partial charge in [0.15, 0.2) is 0 Å². The second kappa shape index (κ2) is 8.53. The van der Waals surface area contributed by atoms with Gasteiger partial charge in [-0.15, -0.1) is 0 Å². The van der Waals surface area contributed by atoms with Gasteiger partial charge < -0.3 is 19.7 Å². The van der Waals surface area contributed by atoms with Crippen LogP contribution in [0.2, 0.25) is 0 Å². The summed E-state index contributed by atoms with van der Waals surface area (Å²) in [7, 11) is 0. The first-order valence-corrected chi connectivity index (χ1v) is 8.91. The van der Waals surface area contributed by atoms with Crippen molar-refractivity contribution in [3.8, 4) is 0 Å². The molecule has 2 rings (SSSR count). The van der Waals surface area contributed by atoms with E-state index in [0.29, 0.717) is 13.1 Å². The van der Waals surface area contributed by atoms with Crippen LogP contribution in [0.3, 0.4) is 0 Å². The third-order valence-corrected chi connectivity index (χ3v) is 4.46. The van der Waals surface area contributed by atoms with Crippen LogP contribution in [0.1, 0.15) is 51.2 Å². The monoisotopic (exact) mass is 337 g/mol. The van der Waals surface area contributed by atoms with Crippen molar-refractivity contribution in [1.29, 1.82) is 0 Å². The first-order valence-electron chi connectivity index (χ1n) is 8.91. The number of rotatable bonds is 7. The Morgan fingerprint density at radius 3 is 2.50 bits per heavy atom. The van der Waals surface area contributed by atoms with Gasteiger partial charge in [-0.25, -0.2) is 4.79 Å². The number of nitrogens with zero attached hydrogens (tertiary/aromatic N) is 2. The first-order chi connectivity index (χ1) is 11.4. The van der Waals surface area contributed by atoms with Gasteiger partial charge in [-0.1, -0.05) is 0 Å². The fraction of sp³-hybridized carbons (Fsp3) is 0.722. The maximum atomic E-state index is 12.5. The zero-order valence-electron chi connectivity index (χ0n) is 15.3.